The van der Waals surface area contributed by atoms with E-state index < -0.39 is 19.4 Å². The Hall–Kier alpha value is -0.390. The topological polar surface area (TPSA) is 9.23 Å². The van der Waals surface area contributed by atoms with E-state index in [9.17, 15) is 22.0 Å². The molecule has 0 aliphatic carbocycles. The van der Waals surface area contributed by atoms with Gasteiger partial charge >= 0.3 is 12.8 Å². The van der Waals surface area contributed by atoms with Gasteiger partial charge in [0.1, 0.15) is 6.61 Å². The van der Waals surface area contributed by atoms with E-state index in [1.165, 1.54) is 0 Å². The van der Waals surface area contributed by atoms with Gasteiger partial charge in [-0.1, -0.05) is 0 Å². The van der Waals surface area contributed by atoms with Gasteiger partial charge in [0, 0.05) is 0 Å². The number of rotatable bonds is 2. The Kier molecular flexibility index (Phi) is 2.83. The molecule has 0 saturated carbocycles. The van der Waals surface area contributed by atoms with Gasteiger partial charge in [-0.2, -0.15) is 22.0 Å². The number of ether oxygens (including phenoxy) is 1. The number of halogens is 5. The van der Waals surface area contributed by atoms with Crippen LogP contribution in [0.1, 0.15) is 0 Å². The molecule has 0 aliphatic heterocycles. The maximum atomic E-state index is 11.0. The molecule has 56 valence electrons. The Bertz CT molecular complexity index is 76.8. The molecule has 9 heavy (non-hydrogen) atoms. The van der Waals surface area contributed by atoms with Crippen LogP contribution in [0, 0.1) is 0 Å². The van der Waals surface area contributed by atoms with E-state index in [1.54, 1.807) is 0 Å². The minimum absolute atomic E-state index is 1.90. The first-order valence-corrected chi connectivity index (χ1v) is 1.88. The average molecular weight is 150 g/mol. The second-order valence-corrected chi connectivity index (χ2v) is 1.19. The lowest BCUT2D eigenvalue weighted by Crippen LogP contribution is -2.18. The number of hydrogen-bond acceptors (Lipinski definition) is 1. The first-order valence-electron chi connectivity index (χ1n) is 1.88. The summed E-state index contributed by atoms with van der Waals surface area (Å²) in [5.41, 5.74) is 0. The van der Waals surface area contributed by atoms with Crippen molar-refractivity contribution in [3.05, 3.63) is 0 Å². The largest absolute Gasteiger partial charge is 0.412 e. The molecule has 0 radical (unpaired) electrons. The first kappa shape index (κ1) is 8.61. The quantitative estimate of drug-likeness (QED) is 0.545. The third-order valence-corrected chi connectivity index (χ3v) is 0.373. The molecule has 0 aromatic rings. The molecule has 1 nitrogen and oxygen atoms in total. The van der Waals surface area contributed by atoms with E-state index in [-0.39, 0.29) is 0 Å². The molecule has 0 spiro atoms. The summed E-state index contributed by atoms with van der Waals surface area (Å²) in [5, 5.41) is 0. The zero-order valence-electron chi connectivity index (χ0n) is 4.08. The lowest BCUT2D eigenvalue weighted by atomic mass is 10.7. The molecule has 0 heterocycles. The van der Waals surface area contributed by atoms with Gasteiger partial charge in [-0.25, -0.2) is 0 Å². The van der Waals surface area contributed by atoms with E-state index in [2.05, 4.69) is 4.74 Å². The van der Waals surface area contributed by atoms with Gasteiger partial charge in [-0.05, 0) is 0 Å². The minimum Gasteiger partial charge on any atom is -0.313 e. The highest BCUT2D eigenvalue weighted by molar-refractivity contribution is 4.43. The maximum Gasteiger partial charge on any atom is 0.412 e. The smallest absolute Gasteiger partial charge is 0.313 e. The van der Waals surface area contributed by atoms with Gasteiger partial charge in [0.25, 0.3) is 0 Å². The highest BCUT2D eigenvalue weighted by atomic mass is 19.4. The summed E-state index contributed by atoms with van der Waals surface area (Å²) in [6.07, 6.45) is -4.67. The lowest BCUT2D eigenvalue weighted by Gasteiger charge is -2.04. The monoisotopic (exact) mass is 150 g/mol. The van der Waals surface area contributed by atoms with Crippen LogP contribution in [0.2, 0.25) is 0 Å². The van der Waals surface area contributed by atoms with E-state index in [0.29, 0.717) is 0 Å². The molecule has 0 amide bonds. The van der Waals surface area contributed by atoms with Gasteiger partial charge in [0.05, 0.1) is 0 Å². The predicted octanol–water partition coefficient (Wildman–Crippen LogP) is 1.79. The van der Waals surface area contributed by atoms with Crippen molar-refractivity contribution in [3.8, 4) is 0 Å². The van der Waals surface area contributed by atoms with E-state index in [4.69, 9.17) is 0 Å². The Morgan fingerprint density at radius 1 is 1.22 bits per heavy atom. The Morgan fingerprint density at radius 2 is 1.67 bits per heavy atom. The van der Waals surface area contributed by atoms with Gasteiger partial charge in [-0.3, -0.25) is 0 Å². The average Bonchev–Trinajstić information content (AvgIpc) is 1.59. The standard InChI is InChI=1S/C3H3F5O/c4-2(5)9-1-3(6,7)8/h2H,1H2. The van der Waals surface area contributed by atoms with Crippen molar-refractivity contribution in [1.29, 1.82) is 0 Å². The van der Waals surface area contributed by atoms with Crippen molar-refractivity contribution in [2.45, 2.75) is 12.8 Å². The van der Waals surface area contributed by atoms with Crippen molar-refractivity contribution in [3.63, 3.8) is 0 Å². The molecule has 0 rings (SSSR count). The third kappa shape index (κ3) is 7.61. The predicted molar refractivity (Wildman–Crippen MR) is 18.0 cm³/mol. The molecule has 0 bridgehead atoms. The highest BCUT2D eigenvalue weighted by Crippen LogP contribution is 2.15. The van der Waals surface area contributed by atoms with Crippen LogP contribution in [-0.4, -0.2) is 19.4 Å². The summed E-state index contributed by atoms with van der Waals surface area (Å²) in [7, 11) is 0. The number of alkyl halides is 5. The van der Waals surface area contributed by atoms with E-state index >= 15 is 0 Å². The van der Waals surface area contributed by atoms with Crippen molar-refractivity contribution in [1.82, 2.24) is 0 Å². The molecule has 0 unspecified atom stereocenters. The van der Waals surface area contributed by atoms with Crippen LogP contribution >= 0.6 is 0 Å². The summed E-state index contributed by atoms with van der Waals surface area (Å²) in [5.74, 6) is 0. The normalized spacial score (nSPS) is 12.7. The molecule has 0 N–H and O–H groups in total. The fourth-order valence-electron chi connectivity index (χ4n) is 0.157. The third-order valence-electron chi connectivity index (χ3n) is 0.373. The van der Waals surface area contributed by atoms with Crippen LogP contribution in [0.3, 0.4) is 0 Å². The minimum atomic E-state index is -4.67. The van der Waals surface area contributed by atoms with Crippen molar-refractivity contribution >= 4 is 0 Å². The van der Waals surface area contributed by atoms with E-state index in [1.807, 2.05) is 0 Å². The second kappa shape index (κ2) is 2.95. The zero-order chi connectivity index (χ0) is 7.49. The molecule has 0 atom stereocenters. The van der Waals surface area contributed by atoms with Crippen LogP contribution < -0.4 is 0 Å². The molecule has 0 aromatic carbocycles. The summed E-state index contributed by atoms with van der Waals surface area (Å²) >= 11 is 0. The molecular formula is C3H3F5O. The van der Waals surface area contributed by atoms with Gasteiger partial charge in [0.15, 0.2) is 0 Å². The fourth-order valence-corrected chi connectivity index (χ4v) is 0.157. The molecule has 6 heteroatoms. The van der Waals surface area contributed by atoms with Gasteiger partial charge < -0.3 is 4.74 Å². The van der Waals surface area contributed by atoms with Crippen LogP contribution in [0.25, 0.3) is 0 Å². The van der Waals surface area contributed by atoms with Gasteiger partial charge in [0.2, 0.25) is 0 Å². The van der Waals surface area contributed by atoms with Crippen LogP contribution in [0.15, 0.2) is 0 Å². The van der Waals surface area contributed by atoms with Crippen LogP contribution in [0.5, 0.6) is 0 Å². The molecule has 0 aliphatic rings. The van der Waals surface area contributed by atoms with Gasteiger partial charge in [-0.15, -0.1) is 0 Å². The molecule has 0 fully saturated rings. The summed E-state index contributed by atoms with van der Waals surface area (Å²) < 4.78 is 57.5. The molecular weight excluding hydrogens is 147 g/mol. The van der Waals surface area contributed by atoms with Crippen molar-refractivity contribution in [2.24, 2.45) is 0 Å². The van der Waals surface area contributed by atoms with Crippen LogP contribution in [-0.2, 0) is 4.74 Å². The SMILES string of the molecule is FC(F)OCC(F)(F)F. The molecule has 0 saturated heterocycles. The summed E-state index contributed by atoms with van der Waals surface area (Å²) in [4.78, 5) is 0. The first-order chi connectivity index (χ1) is 3.92. The summed E-state index contributed by atoms with van der Waals surface area (Å²) in [6, 6.07) is 0. The maximum absolute atomic E-state index is 11.0. The fraction of sp³-hybridized carbons (Fsp3) is 1.00. The second-order valence-electron chi connectivity index (χ2n) is 1.19. The lowest BCUT2D eigenvalue weighted by molar-refractivity contribution is -0.228. The van der Waals surface area contributed by atoms with Crippen molar-refractivity contribution in [2.75, 3.05) is 6.61 Å². The van der Waals surface area contributed by atoms with Crippen molar-refractivity contribution < 1.29 is 26.7 Å². The summed E-state index contributed by atoms with van der Waals surface area (Å²) in [6.45, 7) is -5.25. The Balaban J connectivity index is 3.28. The number of hydrogen-bond donors (Lipinski definition) is 0. The van der Waals surface area contributed by atoms with E-state index in [0.717, 1.165) is 0 Å². The molecule has 0 aromatic heterocycles. The zero-order valence-corrected chi connectivity index (χ0v) is 4.08. The highest BCUT2D eigenvalue weighted by Gasteiger charge is 2.29. The van der Waals surface area contributed by atoms with Crippen LogP contribution in [0.4, 0.5) is 22.0 Å². The Morgan fingerprint density at radius 3 is 1.78 bits per heavy atom. The Labute approximate surface area is 47.4 Å².